The number of nitrogen functional groups attached to an aromatic ring is 1. The van der Waals surface area contributed by atoms with Crippen molar-refractivity contribution in [2.45, 2.75) is 31.8 Å². The van der Waals surface area contributed by atoms with Crippen molar-refractivity contribution in [3.05, 3.63) is 52.9 Å². The van der Waals surface area contributed by atoms with E-state index in [4.69, 9.17) is 5.73 Å². The van der Waals surface area contributed by atoms with Gasteiger partial charge in [0, 0.05) is 32.1 Å². The van der Waals surface area contributed by atoms with Gasteiger partial charge in [-0.05, 0) is 29.2 Å². The molecule has 1 aliphatic heterocycles. The summed E-state index contributed by atoms with van der Waals surface area (Å²) in [4.78, 5) is 20.6. The first kappa shape index (κ1) is 24.3. The van der Waals surface area contributed by atoms with E-state index in [-0.39, 0.29) is 22.5 Å². The predicted octanol–water partition coefficient (Wildman–Crippen LogP) is 2.68. The first-order chi connectivity index (χ1) is 16.2. The molecule has 4 rings (SSSR count). The van der Waals surface area contributed by atoms with E-state index in [0.29, 0.717) is 44.0 Å². The van der Waals surface area contributed by atoms with Crippen LogP contribution < -0.4 is 11.1 Å². The highest BCUT2D eigenvalue weighted by atomic mass is 32.3. The summed E-state index contributed by atoms with van der Waals surface area (Å²) in [5.74, 6) is -2.77. The molecule has 1 aromatic carbocycles. The van der Waals surface area contributed by atoms with Crippen LogP contribution in [0.4, 0.5) is 19.7 Å². The number of carbonyl (C=O) groups excluding carboxylic acids is 1. The molecular formula is C20H24F2N7O3S2+. The molecule has 1 unspecified atom stereocenters. The van der Waals surface area contributed by atoms with Crippen molar-refractivity contribution in [1.82, 2.24) is 24.1 Å². The number of nitrogens with two attached hydrogens (primary N) is 1. The zero-order chi connectivity index (χ0) is 24.3. The number of rotatable bonds is 9. The molecule has 10 nitrogen and oxygen atoms in total. The predicted molar refractivity (Wildman–Crippen MR) is 125 cm³/mol. The molecule has 2 aromatic heterocycles. The summed E-state index contributed by atoms with van der Waals surface area (Å²) in [7, 11) is -3.14. The summed E-state index contributed by atoms with van der Waals surface area (Å²) >= 11 is 0.927. The summed E-state index contributed by atoms with van der Waals surface area (Å²) in [5.41, 5.74) is 5.18. The molecule has 3 heterocycles. The van der Waals surface area contributed by atoms with Gasteiger partial charge in [0.05, 0.1) is 5.56 Å². The molecule has 0 saturated carbocycles. The molecule has 182 valence electrons. The van der Waals surface area contributed by atoms with E-state index in [0.717, 1.165) is 23.5 Å². The molecule has 14 heteroatoms. The maximum absolute atomic E-state index is 14.0. The quantitative estimate of drug-likeness (QED) is 0.294. The number of anilines is 2. The van der Waals surface area contributed by atoms with Gasteiger partial charge in [-0.25, -0.2) is 18.7 Å². The third-order valence-corrected chi connectivity index (χ3v) is 8.49. The molecule has 1 atom stereocenters. The minimum Gasteiger partial charge on any atom is -0.382 e. The van der Waals surface area contributed by atoms with Gasteiger partial charge < -0.3 is 11.1 Å². The van der Waals surface area contributed by atoms with E-state index >= 15 is 0 Å². The summed E-state index contributed by atoms with van der Waals surface area (Å²) in [5, 5.41) is 7.51. The maximum Gasteiger partial charge on any atom is 0.291 e. The fraction of sp³-hybridized carbons (Fsp3) is 0.400. The zero-order valence-corrected chi connectivity index (χ0v) is 19.7. The Morgan fingerprint density at radius 3 is 2.65 bits per heavy atom. The van der Waals surface area contributed by atoms with E-state index in [1.165, 1.54) is 12.4 Å². The summed E-state index contributed by atoms with van der Waals surface area (Å²) < 4.78 is 54.4. The molecule has 34 heavy (non-hydrogen) atoms. The van der Waals surface area contributed by atoms with Crippen molar-refractivity contribution in [2.75, 3.05) is 29.9 Å². The smallest absolute Gasteiger partial charge is 0.291 e. The molecular weight excluding hydrogens is 488 g/mol. The van der Waals surface area contributed by atoms with Crippen LogP contribution in [0.1, 0.15) is 34.5 Å². The van der Waals surface area contributed by atoms with Crippen molar-refractivity contribution in [3.8, 4) is 0 Å². The van der Waals surface area contributed by atoms with Crippen LogP contribution in [0.25, 0.3) is 0 Å². The van der Waals surface area contributed by atoms with Gasteiger partial charge in [0.25, 0.3) is 10.4 Å². The van der Waals surface area contributed by atoms with E-state index in [9.17, 15) is 22.3 Å². The Bertz CT molecular complexity index is 1180. The molecule has 0 amide bonds. The van der Waals surface area contributed by atoms with Gasteiger partial charge >= 0.3 is 0 Å². The van der Waals surface area contributed by atoms with E-state index < -0.39 is 33.4 Å². The van der Waals surface area contributed by atoms with Crippen molar-refractivity contribution in [2.24, 2.45) is 0 Å². The first-order valence-electron chi connectivity index (χ1n) is 10.6. The fourth-order valence-corrected chi connectivity index (χ4v) is 6.19. The van der Waals surface area contributed by atoms with Gasteiger partial charge in [-0.15, -0.1) is 0 Å². The van der Waals surface area contributed by atoms with Crippen LogP contribution in [-0.2, 0) is 21.2 Å². The average Bonchev–Trinajstić information content (AvgIpc) is 3.43. The average molecular weight is 513 g/mol. The van der Waals surface area contributed by atoms with E-state index in [2.05, 4.69) is 20.4 Å². The van der Waals surface area contributed by atoms with Crippen LogP contribution in [0, 0.1) is 11.6 Å². The molecule has 0 bridgehead atoms. The maximum atomic E-state index is 14.0. The second-order valence-corrected chi connectivity index (χ2v) is 11.0. The summed E-state index contributed by atoms with van der Waals surface area (Å²) in [6, 6.07) is 3.14. The van der Waals surface area contributed by atoms with Crippen LogP contribution in [-0.4, -0.2) is 59.3 Å². The number of halogens is 2. The number of benzene rings is 1. The van der Waals surface area contributed by atoms with Gasteiger partial charge in [-0.3, -0.25) is 9.48 Å². The minimum atomic E-state index is -3.14. The summed E-state index contributed by atoms with van der Waals surface area (Å²) in [6.07, 6.45) is 4.63. The molecule has 1 aliphatic rings. The number of aryl methyl sites for hydroxylation is 1. The summed E-state index contributed by atoms with van der Waals surface area (Å²) in [6.45, 7) is 1.33. The Balaban J connectivity index is 1.32. The number of nitrogens with one attached hydrogen (secondary N) is 1. The lowest BCUT2D eigenvalue weighted by atomic mass is 10.1. The Hall–Kier alpha value is -2.81. The van der Waals surface area contributed by atoms with Gasteiger partial charge in [-0.1, -0.05) is 21.7 Å². The highest BCUT2D eigenvalue weighted by Gasteiger charge is 2.38. The monoisotopic (exact) mass is 512 g/mol. The lowest BCUT2D eigenvalue weighted by Crippen LogP contribution is -2.46. The minimum absolute atomic E-state index is 0.0466. The Morgan fingerprint density at radius 1 is 1.29 bits per heavy atom. The Kier molecular flexibility index (Phi) is 7.30. The Morgan fingerprint density at radius 2 is 2.00 bits per heavy atom. The Labute approximate surface area is 199 Å². The normalized spacial score (nSPS) is 16.9. The van der Waals surface area contributed by atoms with E-state index in [1.807, 2.05) is 0 Å². The third-order valence-electron chi connectivity index (χ3n) is 5.50. The van der Waals surface area contributed by atoms with Crippen molar-refractivity contribution in [3.63, 3.8) is 0 Å². The second kappa shape index (κ2) is 10.2. The number of aromatic nitrogens is 4. The molecule has 4 N–H and O–H groups in total. The first-order valence-corrected chi connectivity index (χ1v) is 13.0. The molecule has 0 radical (unpaired) electrons. The fourth-order valence-electron chi connectivity index (χ4n) is 3.74. The number of ketones is 1. The van der Waals surface area contributed by atoms with Crippen LogP contribution in [0.3, 0.4) is 0 Å². The highest BCUT2D eigenvalue weighted by molar-refractivity contribution is 7.95. The molecule has 1 fully saturated rings. The van der Waals surface area contributed by atoms with Crippen LogP contribution in [0.15, 0.2) is 30.9 Å². The number of hydrogen-bond acceptors (Lipinski definition) is 8. The topological polar surface area (TPSA) is 139 Å². The van der Waals surface area contributed by atoms with Crippen LogP contribution >= 0.6 is 11.3 Å². The van der Waals surface area contributed by atoms with Crippen molar-refractivity contribution in [1.29, 1.82) is 0 Å². The SMILES string of the molecule is Nc1nc(NC2CCN([S+](=O)(O)CCCn3cncn3)CC2)sc1C(=O)c1c(F)cccc1F. The molecule has 3 aromatic rings. The highest BCUT2D eigenvalue weighted by Crippen LogP contribution is 2.31. The number of piperidine rings is 1. The van der Waals surface area contributed by atoms with E-state index in [1.54, 1.807) is 15.3 Å². The number of nitrogens with zero attached hydrogens (tertiary/aromatic N) is 5. The number of carbonyl (C=O) groups is 1. The van der Waals surface area contributed by atoms with Gasteiger partial charge in [0.15, 0.2) is 10.9 Å². The van der Waals surface area contributed by atoms with Gasteiger partial charge in [0.1, 0.15) is 35.0 Å². The van der Waals surface area contributed by atoms with Gasteiger partial charge in [0.2, 0.25) is 5.78 Å². The largest absolute Gasteiger partial charge is 0.382 e. The lowest BCUT2D eigenvalue weighted by Gasteiger charge is -2.29. The lowest BCUT2D eigenvalue weighted by molar-refractivity contribution is 0.103. The third kappa shape index (κ3) is 5.46. The number of thiazole rings is 1. The van der Waals surface area contributed by atoms with Crippen LogP contribution in [0.2, 0.25) is 0 Å². The second-order valence-electron chi connectivity index (χ2n) is 7.83. The van der Waals surface area contributed by atoms with Crippen LogP contribution in [0.5, 0.6) is 0 Å². The molecule has 0 aliphatic carbocycles. The molecule has 0 spiro atoms. The molecule has 1 saturated heterocycles. The van der Waals surface area contributed by atoms with Crippen molar-refractivity contribution >= 4 is 38.5 Å². The number of hydrogen-bond donors (Lipinski definition) is 3. The van der Waals surface area contributed by atoms with Crippen molar-refractivity contribution < 1.29 is 22.3 Å². The van der Waals surface area contributed by atoms with Gasteiger partial charge in [-0.2, -0.15) is 9.65 Å². The zero-order valence-electron chi connectivity index (χ0n) is 18.1. The standard InChI is InChI=1S/C20H23F2N7O3S2/c21-14-3-1-4-15(22)16(14)17(30)18-19(23)27-20(33-18)26-13-5-8-29(9-6-13)34(31,32)10-2-7-28-12-24-11-25-28/h1,3-4,11-13H,2,5-10H2,(H3-,23,26,27,30,31,32)/p+1.